The minimum absolute atomic E-state index is 0.267. The van der Waals surface area contributed by atoms with E-state index in [-0.39, 0.29) is 5.56 Å². The quantitative estimate of drug-likeness (QED) is 0.760. The average Bonchev–Trinajstić information content (AvgIpc) is 2.39. The molecule has 2 nitrogen and oxygen atoms in total. The standard InChI is InChI=1S/C12H11F3N2.C2H6/c1-3-8-4-11-9(7(2)16-6-17-11)5-10(8)12(13,14)15;1-2/h4-6H,3H2,1-2H3;1-2H3. The maximum Gasteiger partial charge on any atom is 0.416 e. The molecule has 0 amide bonds. The summed E-state index contributed by atoms with van der Waals surface area (Å²) in [5.41, 5.74) is 0.791. The maximum absolute atomic E-state index is 12.9. The largest absolute Gasteiger partial charge is 0.416 e. The van der Waals surface area contributed by atoms with Crippen LogP contribution in [-0.2, 0) is 12.6 Å². The summed E-state index contributed by atoms with van der Waals surface area (Å²) in [6.07, 6.45) is -2.64. The Bertz CT molecular complexity index is 562. The Morgan fingerprint density at radius 3 is 2.26 bits per heavy atom. The van der Waals surface area contributed by atoms with Crippen LogP contribution in [0.5, 0.6) is 0 Å². The monoisotopic (exact) mass is 270 g/mol. The van der Waals surface area contributed by atoms with E-state index in [4.69, 9.17) is 0 Å². The second kappa shape index (κ2) is 5.99. The van der Waals surface area contributed by atoms with Crippen molar-refractivity contribution in [2.75, 3.05) is 0 Å². The van der Waals surface area contributed by atoms with Crippen molar-refractivity contribution in [3.8, 4) is 0 Å². The van der Waals surface area contributed by atoms with Gasteiger partial charge in [0.05, 0.1) is 11.1 Å². The van der Waals surface area contributed by atoms with Crippen molar-refractivity contribution in [1.29, 1.82) is 0 Å². The van der Waals surface area contributed by atoms with E-state index >= 15 is 0 Å². The van der Waals surface area contributed by atoms with Crippen LogP contribution in [0.25, 0.3) is 10.9 Å². The van der Waals surface area contributed by atoms with E-state index in [1.807, 2.05) is 13.8 Å². The molecule has 0 unspecified atom stereocenters. The van der Waals surface area contributed by atoms with Gasteiger partial charge in [0.25, 0.3) is 0 Å². The van der Waals surface area contributed by atoms with Crippen molar-refractivity contribution in [1.82, 2.24) is 9.97 Å². The van der Waals surface area contributed by atoms with E-state index in [0.717, 1.165) is 6.07 Å². The molecule has 1 heterocycles. The molecule has 0 fully saturated rings. The minimum Gasteiger partial charge on any atom is -0.241 e. The molecule has 5 heteroatoms. The third kappa shape index (κ3) is 3.22. The number of hydrogen-bond acceptors (Lipinski definition) is 2. The topological polar surface area (TPSA) is 25.8 Å². The van der Waals surface area contributed by atoms with Crippen molar-refractivity contribution in [3.05, 3.63) is 35.3 Å². The molecule has 1 aromatic carbocycles. The van der Waals surface area contributed by atoms with Gasteiger partial charge in [0.2, 0.25) is 0 Å². The van der Waals surface area contributed by atoms with E-state index in [1.54, 1.807) is 13.8 Å². The summed E-state index contributed by atoms with van der Waals surface area (Å²) in [6, 6.07) is 2.64. The van der Waals surface area contributed by atoms with Crippen LogP contribution in [0.2, 0.25) is 0 Å². The van der Waals surface area contributed by atoms with Gasteiger partial charge in [-0.05, 0) is 31.0 Å². The molecule has 0 radical (unpaired) electrons. The van der Waals surface area contributed by atoms with E-state index in [1.165, 1.54) is 12.4 Å². The Morgan fingerprint density at radius 2 is 1.74 bits per heavy atom. The number of rotatable bonds is 1. The van der Waals surface area contributed by atoms with Crippen molar-refractivity contribution in [2.45, 2.75) is 40.3 Å². The van der Waals surface area contributed by atoms with E-state index in [0.29, 0.717) is 23.0 Å². The molecule has 2 aromatic rings. The number of hydrogen-bond donors (Lipinski definition) is 0. The molecule has 0 N–H and O–H groups in total. The van der Waals surface area contributed by atoms with E-state index in [2.05, 4.69) is 9.97 Å². The summed E-state index contributed by atoms with van der Waals surface area (Å²) in [5, 5.41) is 0.456. The molecule has 0 aliphatic heterocycles. The molecule has 0 bridgehead atoms. The molecule has 0 atom stereocenters. The third-order valence-electron chi connectivity index (χ3n) is 2.75. The Balaban J connectivity index is 0.000000861. The minimum atomic E-state index is -4.33. The molecule has 0 spiro atoms. The maximum atomic E-state index is 12.9. The second-order valence-corrected chi connectivity index (χ2v) is 3.84. The Labute approximate surface area is 110 Å². The van der Waals surface area contributed by atoms with Crippen LogP contribution < -0.4 is 0 Å². The third-order valence-corrected chi connectivity index (χ3v) is 2.75. The smallest absolute Gasteiger partial charge is 0.241 e. The fourth-order valence-electron chi connectivity index (χ4n) is 1.83. The Kier molecular flexibility index (Phi) is 4.86. The van der Waals surface area contributed by atoms with Crippen molar-refractivity contribution in [3.63, 3.8) is 0 Å². The number of aryl methyl sites for hydroxylation is 2. The van der Waals surface area contributed by atoms with Gasteiger partial charge in [-0.3, -0.25) is 0 Å². The fourth-order valence-corrected chi connectivity index (χ4v) is 1.83. The zero-order chi connectivity index (χ0) is 14.6. The predicted octanol–water partition coefficient (Wildman–Crippen LogP) is 4.55. The molecule has 0 saturated heterocycles. The van der Waals surface area contributed by atoms with Crippen molar-refractivity contribution < 1.29 is 13.2 Å². The summed E-state index contributed by atoms with van der Waals surface area (Å²) in [7, 11) is 0. The van der Waals surface area contributed by atoms with Crippen LogP contribution in [0.4, 0.5) is 13.2 Å². The predicted molar refractivity (Wildman–Crippen MR) is 70.0 cm³/mol. The average molecular weight is 270 g/mol. The van der Waals surface area contributed by atoms with Crippen molar-refractivity contribution >= 4 is 10.9 Å². The number of alkyl halides is 3. The van der Waals surface area contributed by atoms with Gasteiger partial charge in [0.1, 0.15) is 6.33 Å². The first-order chi connectivity index (χ1) is 8.93. The zero-order valence-corrected chi connectivity index (χ0v) is 11.5. The lowest BCUT2D eigenvalue weighted by Gasteiger charge is -2.13. The summed E-state index contributed by atoms with van der Waals surface area (Å²) in [5.74, 6) is 0. The lowest BCUT2D eigenvalue weighted by molar-refractivity contribution is -0.138. The first-order valence-corrected chi connectivity index (χ1v) is 6.25. The molecule has 2 rings (SSSR count). The molecule has 1 aromatic heterocycles. The van der Waals surface area contributed by atoms with Gasteiger partial charge in [-0.2, -0.15) is 13.2 Å². The summed E-state index contributed by atoms with van der Waals surface area (Å²) < 4.78 is 38.6. The molecule has 104 valence electrons. The van der Waals surface area contributed by atoms with Gasteiger partial charge in [-0.15, -0.1) is 0 Å². The molecule has 0 saturated carbocycles. The molecular weight excluding hydrogens is 253 g/mol. The highest BCUT2D eigenvalue weighted by atomic mass is 19.4. The number of benzene rings is 1. The molecular formula is C14H17F3N2. The molecule has 19 heavy (non-hydrogen) atoms. The van der Waals surface area contributed by atoms with Gasteiger partial charge >= 0.3 is 6.18 Å². The van der Waals surface area contributed by atoms with Gasteiger partial charge < -0.3 is 0 Å². The molecule has 0 aliphatic rings. The highest BCUT2D eigenvalue weighted by Gasteiger charge is 2.33. The Morgan fingerprint density at radius 1 is 1.11 bits per heavy atom. The van der Waals surface area contributed by atoms with Crippen LogP contribution in [0, 0.1) is 6.92 Å². The number of halogens is 3. The van der Waals surface area contributed by atoms with Gasteiger partial charge in [-0.25, -0.2) is 9.97 Å². The van der Waals surface area contributed by atoms with Crippen LogP contribution in [0.1, 0.15) is 37.6 Å². The van der Waals surface area contributed by atoms with Crippen LogP contribution in [-0.4, -0.2) is 9.97 Å². The normalized spacial score (nSPS) is 11.1. The van der Waals surface area contributed by atoms with Crippen LogP contribution in [0.3, 0.4) is 0 Å². The summed E-state index contributed by atoms with van der Waals surface area (Å²) >= 11 is 0. The zero-order valence-electron chi connectivity index (χ0n) is 11.5. The number of fused-ring (bicyclic) bond motifs is 1. The van der Waals surface area contributed by atoms with Gasteiger partial charge in [-0.1, -0.05) is 20.8 Å². The van der Waals surface area contributed by atoms with Crippen LogP contribution in [0.15, 0.2) is 18.5 Å². The second-order valence-electron chi connectivity index (χ2n) is 3.84. The lowest BCUT2D eigenvalue weighted by Crippen LogP contribution is -2.09. The van der Waals surface area contributed by atoms with Gasteiger partial charge in [0, 0.05) is 11.1 Å². The van der Waals surface area contributed by atoms with Gasteiger partial charge in [0.15, 0.2) is 0 Å². The highest BCUT2D eigenvalue weighted by molar-refractivity contribution is 5.82. The van der Waals surface area contributed by atoms with Crippen molar-refractivity contribution in [2.24, 2.45) is 0 Å². The number of aromatic nitrogens is 2. The lowest BCUT2D eigenvalue weighted by atomic mass is 10.0. The molecule has 0 aliphatic carbocycles. The first-order valence-electron chi connectivity index (χ1n) is 6.25. The number of nitrogens with zero attached hydrogens (tertiary/aromatic N) is 2. The highest BCUT2D eigenvalue weighted by Crippen LogP contribution is 2.34. The van der Waals surface area contributed by atoms with E-state index in [9.17, 15) is 13.2 Å². The summed E-state index contributed by atoms with van der Waals surface area (Å²) in [4.78, 5) is 7.90. The summed E-state index contributed by atoms with van der Waals surface area (Å²) in [6.45, 7) is 7.38. The Hall–Kier alpha value is -1.65. The van der Waals surface area contributed by atoms with E-state index < -0.39 is 11.7 Å². The van der Waals surface area contributed by atoms with Crippen LogP contribution >= 0.6 is 0 Å². The first kappa shape index (κ1) is 15.4. The SMILES string of the molecule is CC.CCc1cc2ncnc(C)c2cc1C(F)(F)F. The fraction of sp³-hybridized carbons (Fsp3) is 0.429.